The Morgan fingerprint density at radius 1 is 1.15 bits per heavy atom. The van der Waals surface area contributed by atoms with Crippen molar-refractivity contribution in [1.82, 2.24) is 9.47 Å². The van der Waals surface area contributed by atoms with Gasteiger partial charge in [-0.3, -0.25) is 23.9 Å². The highest BCUT2D eigenvalue weighted by atomic mass is 32.2. The largest absolute Gasteiger partial charge is 0.497 e. The molecule has 8 nitrogen and oxygen atoms in total. The molecule has 10 heteroatoms. The van der Waals surface area contributed by atoms with Crippen molar-refractivity contribution < 1.29 is 19.4 Å². The number of methoxy groups -OCH3 is 1. The maximum Gasteiger partial charge on any atom is 0.271 e. The summed E-state index contributed by atoms with van der Waals surface area (Å²) in [5, 5.41) is 20.5. The van der Waals surface area contributed by atoms with Crippen molar-refractivity contribution >= 4 is 46.1 Å². The summed E-state index contributed by atoms with van der Waals surface area (Å²) >= 11 is 6.59. The minimum atomic E-state index is -0.658. The van der Waals surface area contributed by atoms with Crippen LogP contribution < -0.4 is 10.3 Å². The van der Waals surface area contributed by atoms with Crippen LogP contribution in [0.25, 0.3) is 6.08 Å². The molecule has 0 spiro atoms. The van der Waals surface area contributed by atoms with Gasteiger partial charge in [-0.05, 0) is 48.2 Å². The van der Waals surface area contributed by atoms with E-state index in [9.17, 15) is 24.8 Å². The molecule has 0 bridgehead atoms. The highest BCUT2D eigenvalue weighted by molar-refractivity contribution is 8.26. The van der Waals surface area contributed by atoms with Gasteiger partial charge in [0.05, 0.1) is 24.1 Å². The van der Waals surface area contributed by atoms with Gasteiger partial charge in [0.2, 0.25) is 5.88 Å². The zero-order valence-electron chi connectivity index (χ0n) is 21.3. The van der Waals surface area contributed by atoms with E-state index in [1.807, 2.05) is 24.3 Å². The Bertz CT molecular complexity index is 1570. The zero-order chi connectivity index (χ0) is 28.1. The molecule has 1 aromatic heterocycles. The molecule has 0 unspecified atom stereocenters. The molecule has 0 radical (unpaired) electrons. The molecule has 1 N–H and O–H groups in total. The van der Waals surface area contributed by atoms with Crippen LogP contribution in [0, 0.1) is 18.3 Å². The van der Waals surface area contributed by atoms with Crippen molar-refractivity contribution in [1.29, 1.82) is 5.26 Å². The van der Waals surface area contributed by atoms with Crippen LogP contribution in [0.1, 0.15) is 45.5 Å². The number of Topliss-reactive ketones (excluding diaryl/α,β-unsaturated/α-hetero) is 1. The lowest BCUT2D eigenvalue weighted by Gasteiger charge is -2.17. The van der Waals surface area contributed by atoms with Gasteiger partial charge in [-0.15, -0.1) is 0 Å². The van der Waals surface area contributed by atoms with Crippen LogP contribution in [0.3, 0.4) is 0 Å². The number of aromatic nitrogens is 1. The van der Waals surface area contributed by atoms with Gasteiger partial charge in [-0.2, -0.15) is 5.26 Å². The van der Waals surface area contributed by atoms with Crippen LogP contribution in [0.15, 0.2) is 64.3 Å². The molecule has 3 aromatic rings. The molecule has 2 aromatic carbocycles. The first kappa shape index (κ1) is 27.8. The molecule has 0 aliphatic carbocycles. The van der Waals surface area contributed by atoms with Crippen molar-refractivity contribution in [2.45, 2.75) is 26.3 Å². The maximum absolute atomic E-state index is 13.2. The molecule has 198 valence electrons. The highest BCUT2D eigenvalue weighted by Crippen LogP contribution is 2.33. The van der Waals surface area contributed by atoms with Crippen molar-refractivity contribution in [3.8, 4) is 17.7 Å². The minimum absolute atomic E-state index is 0.0117. The number of carbonyl (C=O) groups excluding carboxylic acids is 2. The van der Waals surface area contributed by atoms with E-state index in [-0.39, 0.29) is 48.5 Å². The number of thiocarbonyl (C=S) groups is 1. The van der Waals surface area contributed by atoms with Gasteiger partial charge in [0.25, 0.3) is 11.5 Å². The molecule has 2 heterocycles. The zero-order valence-corrected chi connectivity index (χ0v) is 23.0. The average molecular weight is 560 g/mol. The van der Waals surface area contributed by atoms with Crippen LogP contribution in [0.2, 0.25) is 0 Å². The number of nitriles is 1. The van der Waals surface area contributed by atoms with E-state index < -0.39 is 17.2 Å². The second-order valence-electron chi connectivity index (χ2n) is 8.82. The van der Waals surface area contributed by atoms with Crippen molar-refractivity contribution in [3.05, 3.63) is 97.7 Å². The van der Waals surface area contributed by atoms with Gasteiger partial charge in [0.1, 0.15) is 21.7 Å². The van der Waals surface area contributed by atoms with E-state index in [4.69, 9.17) is 17.0 Å². The molecule has 39 heavy (non-hydrogen) atoms. The van der Waals surface area contributed by atoms with E-state index in [1.54, 1.807) is 49.6 Å². The van der Waals surface area contributed by atoms with Gasteiger partial charge < -0.3 is 9.84 Å². The standard InChI is InChI=1S/C29H25N3O5S2/c1-18-22(16-30)26(34)32(17-20-7-4-3-5-8-20)28(36)25(18)23(33)9-6-14-31-27(35)24(39-29(31)38)15-19-10-12-21(37-2)13-11-19/h3-5,7-8,10-13,15,36H,6,9,14,17H2,1-2H3/b24-15-. The van der Waals surface area contributed by atoms with Gasteiger partial charge in [-0.1, -0.05) is 66.4 Å². The number of aromatic hydroxyl groups is 1. The first-order chi connectivity index (χ1) is 18.7. The van der Waals surface area contributed by atoms with Crippen LogP contribution in [-0.4, -0.2) is 44.2 Å². The summed E-state index contributed by atoms with van der Waals surface area (Å²) in [5.74, 6) is -0.431. The fraction of sp³-hybridized carbons (Fsp3) is 0.207. The third kappa shape index (κ3) is 5.95. The molecule has 4 rings (SSSR count). The van der Waals surface area contributed by atoms with E-state index in [2.05, 4.69) is 0 Å². The Labute approximate surface area is 235 Å². The summed E-state index contributed by atoms with van der Waals surface area (Å²) in [7, 11) is 1.58. The summed E-state index contributed by atoms with van der Waals surface area (Å²) in [4.78, 5) is 41.0. The Hall–Kier alpha value is -4.20. The predicted octanol–water partition coefficient (Wildman–Crippen LogP) is 4.66. The Morgan fingerprint density at radius 3 is 2.49 bits per heavy atom. The van der Waals surface area contributed by atoms with Gasteiger partial charge in [0.15, 0.2) is 5.78 Å². The quantitative estimate of drug-likeness (QED) is 0.229. The van der Waals surface area contributed by atoms with E-state index >= 15 is 0 Å². The molecule has 1 amide bonds. The number of pyridine rings is 1. The monoisotopic (exact) mass is 559 g/mol. The molecule has 1 saturated heterocycles. The Morgan fingerprint density at radius 2 is 1.85 bits per heavy atom. The molecular weight excluding hydrogens is 534 g/mol. The lowest BCUT2D eigenvalue weighted by molar-refractivity contribution is -0.122. The molecule has 0 atom stereocenters. The molecular formula is C29H25N3O5S2. The predicted molar refractivity (Wildman–Crippen MR) is 154 cm³/mol. The van der Waals surface area contributed by atoms with E-state index in [1.165, 1.54) is 23.6 Å². The number of nitrogens with zero attached hydrogens (tertiary/aromatic N) is 3. The third-order valence-corrected chi connectivity index (χ3v) is 7.71. The van der Waals surface area contributed by atoms with E-state index in [0.717, 1.165) is 15.7 Å². The van der Waals surface area contributed by atoms with Gasteiger partial charge in [0, 0.05) is 13.0 Å². The van der Waals surface area contributed by atoms with Crippen LogP contribution in [0.5, 0.6) is 11.6 Å². The Kier molecular flexibility index (Phi) is 8.64. The number of rotatable bonds is 9. The van der Waals surface area contributed by atoms with Gasteiger partial charge >= 0.3 is 0 Å². The van der Waals surface area contributed by atoms with Crippen LogP contribution in [0.4, 0.5) is 0 Å². The lowest BCUT2D eigenvalue weighted by Crippen LogP contribution is -2.30. The third-order valence-electron chi connectivity index (χ3n) is 6.34. The summed E-state index contributed by atoms with van der Waals surface area (Å²) < 4.78 is 6.60. The number of ketones is 1. The highest BCUT2D eigenvalue weighted by Gasteiger charge is 2.32. The molecule has 1 aliphatic heterocycles. The molecule has 0 saturated carbocycles. The van der Waals surface area contributed by atoms with E-state index in [0.29, 0.717) is 15.0 Å². The molecule has 1 fully saturated rings. The number of hydrogen-bond acceptors (Lipinski definition) is 8. The summed E-state index contributed by atoms with van der Waals surface area (Å²) in [6.07, 6.45) is 2.02. The van der Waals surface area contributed by atoms with Crippen LogP contribution in [-0.2, 0) is 11.3 Å². The first-order valence-corrected chi connectivity index (χ1v) is 13.3. The topological polar surface area (TPSA) is 113 Å². The normalized spacial score (nSPS) is 14.1. The second kappa shape index (κ2) is 12.1. The number of carbonyl (C=O) groups is 2. The van der Waals surface area contributed by atoms with Crippen molar-refractivity contribution in [2.24, 2.45) is 0 Å². The number of hydrogen-bond donors (Lipinski definition) is 1. The van der Waals surface area contributed by atoms with Gasteiger partial charge in [-0.25, -0.2) is 0 Å². The van der Waals surface area contributed by atoms with Crippen molar-refractivity contribution in [2.75, 3.05) is 13.7 Å². The minimum Gasteiger partial charge on any atom is -0.497 e. The maximum atomic E-state index is 13.2. The summed E-state index contributed by atoms with van der Waals surface area (Å²) in [5.41, 5.74) is 0.797. The lowest BCUT2D eigenvalue weighted by atomic mass is 9.99. The number of benzene rings is 2. The van der Waals surface area contributed by atoms with Crippen LogP contribution >= 0.6 is 24.0 Å². The SMILES string of the molecule is COc1ccc(/C=C2\SC(=S)N(CCCC(=O)c3c(C)c(C#N)c(=O)n(Cc4ccccc4)c3O)C2=O)cc1. The fourth-order valence-corrected chi connectivity index (χ4v) is 5.57. The average Bonchev–Trinajstić information content (AvgIpc) is 3.19. The number of ether oxygens (including phenoxy) is 1. The fourth-order valence-electron chi connectivity index (χ4n) is 4.26. The Balaban J connectivity index is 1.48. The van der Waals surface area contributed by atoms with Crippen molar-refractivity contribution in [3.63, 3.8) is 0 Å². The smallest absolute Gasteiger partial charge is 0.271 e. The number of amides is 1. The second-order valence-corrected chi connectivity index (χ2v) is 10.5. The molecule has 1 aliphatic rings. The summed E-state index contributed by atoms with van der Waals surface area (Å²) in [6, 6.07) is 18.1. The number of thioether (sulfide) groups is 1. The summed E-state index contributed by atoms with van der Waals surface area (Å²) in [6.45, 7) is 1.70. The first-order valence-electron chi connectivity index (χ1n) is 12.1.